The molecule has 0 aromatic heterocycles. The van der Waals surface area contributed by atoms with Crippen molar-refractivity contribution in [3.05, 3.63) is 29.3 Å². The molecule has 0 aliphatic carbocycles. The predicted molar refractivity (Wildman–Crippen MR) is 82.5 cm³/mol. The Morgan fingerprint density at radius 2 is 1.90 bits per heavy atom. The van der Waals surface area contributed by atoms with Gasteiger partial charge in [0, 0.05) is 11.1 Å². The summed E-state index contributed by atoms with van der Waals surface area (Å²) in [7, 11) is 0. The van der Waals surface area contributed by atoms with E-state index in [9.17, 15) is 4.79 Å². The van der Waals surface area contributed by atoms with Gasteiger partial charge in [0.25, 0.3) is 0 Å². The molecule has 1 aromatic rings. The van der Waals surface area contributed by atoms with Crippen LogP contribution in [-0.2, 0) is 6.54 Å². The second-order valence-corrected chi connectivity index (χ2v) is 5.72. The average molecular weight is 278 g/mol. The number of hydrogen-bond acceptors (Lipinski definition) is 2. The van der Waals surface area contributed by atoms with Crippen LogP contribution in [-0.4, -0.2) is 25.5 Å². The summed E-state index contributed by atoms with van der Waals surface area (Å²) in [5.41, 5.74) is 1.90. The van der Waals surface area contributed by atoms with Gasteiger partial charge in [-0.25, -0.2) is 0 Å². The lowest BCUT2D eigenvalue weighted by Crippen LogP contribution is -3.10. The third-order valence-corrected chi connectivity index (χ3v) is 3.48. The molecule has 3 heteroatoms. The Balaban J connectivity index is 2.99. The van der Waals surface area contributed by atoms with Gasteiger partial charge in [-0.05, 0) is 44.9 Å². The van der Waals surface area contributed by atoms with Crippen LogP contribution in [0.15, 0.2) is 18.2 Å². The predicted octanol–water partition coefficient (Wildman–Crippen LogP) is 2.35. The molecule has 112 valence electrons. The van der Waals surface area contributed by atoms with Crippen LogP contribution in [0.4, 0.5) is 0 Å². The van der Waals surface area contributed by atoms with Crippen molar-refractivity contribution in [2.75, 3.05) is 19.7 Å². The molecule has 0 saturated heterocycles. The number of nitrogens with one attached hydrogen (secondary N) is 1. The van der Waals surface area contributed by atoms with Gasteiger partial charge in [0.05, 0.1) is 19.7 Å². The molecule has 1 N–H and O–H groups in total. The van der Waals surface area contributed by atoms with E-state index < -0.39 is 0 Å². The van der Waals surface area contributed by atoms with Crippen molar-refractivity contribution < 1.29 is 14.4 Å². The van der Waals surface area contributed by atoms with E-state index in [4.69, 9.17) is 4.74 Å². The number of Topliss-reactive ketones (excluding diaryl/α,β-unsaturated/α-hetero) is 1. The van der Waals surface area contributed by atoms with Crippen LogP contribution in [0.5, 0.6) is 5.75 Å². The molecule has 3 nitrogen and oxygen atoms in total. The van der Waals surface area contributed by atoms with E-state index in [0.29, 0.717) is 12.5 Å². The first-order valence-electron chi connectivity index (χ1n) is 7.58. The van der Waals surface area contributed by atoms with Crippen LogP contribution in [0.3, 0.4) is 0 Å². The quantitative estimate of drug-likeness (QED) is 0.740. The number of hydrogen-bond donors (Lipinski definition) is 1. The van der Waals surface area contributed by atoms with Crippen molar-refractivity contribution in [3.63, 3.8) is 0 Å². The molecule has 20 heavy (non-hydrogen) atoms. The smallest absolute Gasteiger partial charge is 0.159 e. The molecule has 0 amide bonds. The summed E-state index contributed by atoms with van der Waals surface area (Å²) in [6.45, 7) is 14.0. The maximum atomic E-state index is 11.6. The maximum Gasteiger partial charge on any atom is 0.159 e. The van der Waals surface area contributed by atoms with Gasteiger partial charge in [0.1, 0.15) is 12.3 Å². The lowest BCUT2D eigenvalue weighted by molar-refractivity contribution is -0.910. The summed E-state index contributed by atoms with van der Waals surface area (Å²) in [6, 6.07) is 5.79. The Hall–Kier alpha value is -1.35. The van der Waals surface area contributed by atoms with Gasteiger partial charge < -0.3 is 9.64 Å². The average Bonchev–Trinajstić information content (AvgIpc) is 2.42. The number of benzene rings is 1. The van der Waals surface area contributed by atoms with Crippen molar-refractivity contribution in [3.8, 4) is 5.75 Å². The second kappa shape index (κ2) is 8.05. The van der Waals surface area contributed by atoms with E-state index in [1.54, 1.807) is 6.92 Å². The monoisotopic (exact) mass is 278 g/mol. The standard InChI is InChI=1S/C17H27NO2/c1-6-18(7-2)11-16-10-15(14(5)19)8-9-17(16)20-12-13(3)4/h8-10,13H,6-7,11-12H2,1-5H3/p+1. The number of ketones is 1. The Bertz CT molecular complexity index is 437. The van der Waals surface area contributed by atoms with Crippen molar-refractivity contribution >= 4 is 5.78 Å². The van der Waals surface area contributed by atoms with Crippen molar-refractivity contribution in [1.82, 2.24) is 0 Å². The fraction of sp³-hybridized carbons (Fsp3) is 0.588. The molecule has 0 heterocycles. The normalized spacial score (nSPS) is 11.2. The molecule has 0 unspecified atom stereocenters. The number of quaternary nitrogens is 1. The first-order valence-corrected chi connectivity index (χ1v) is 7.58. The lowest BCUT2D eigenvalue weighted by Gasteiger charge is -2.19. The summed E-state index contributed by atoms with van der Waals surface area (Å²) < 4.78 is 5.90. The topological polar surface area (TPSA) is 30.7 Å². The van der Waals surface area contributed by atoms with Crippen molar-refractivity contribution in [2.45, 2.75) is 41.2 Å². The minimum atomic E-state index is 0.108. The van der Waals surface area contributed by atoms with Crippen LogP contribution in [0.2, 0.25) is 0 Å². The number of ether oxygens (including phenoxy) is 1. The zero-order chi connectivity index (χ0) is 15.1. The van der Waals surface area contributed by atoms with Gasteiger partial charge in [0.15, 0.2) is 5.78 Å². The lowest BCUT2D eigenvalue weighted by atomic mass is 10.1. The van der Waals surface area contributed by atoms with Crippen molar-refractivity contribution in [2.24, 2.45) is 5.92 Å². The highest BCUT2D eigenvalue weighted by Crippen LogP contribution is 2.20. The molecule has 1 rings (SSSR count). The largest absolute Gasteiger partial charge is 0.493 e. The van der Waals surface area contributed by atoms with Gasteiger partial charge >= 0.3 is 0 Å². The minimum absolute atomic E-state index is 0.108. The van der Waals surface area contributed by atoms with E-state index >= 15 is 0 Å². The van der Waals surface area contributed by atoms with E-state index in [1.807, 2.05) is 18.2 Å². The molecular weight excluding hydrogens is 250 g/mol. The van der Waals surface area contributed by atoms with Gasteiger partial charge in [-0.3, -0.25) is 4.79 Å². The van der Waals surface area contributed by atoms with Crippen LogP contribution >= 0.6 is 0 Å². The Kier molecular flexibility index (Phi) is 6.73. The zero-order valence-corrected chi connectivity index (χ0v) is 13.5. The third-order valence-electron chi connectivity index (χ3n) is 3.48. The van der Waals surface area contributed by atoms with Crippen LogP contribution in [0.25, 0.3) is 0 Å². The highest BCUT2D eigenvalue weighted by Gasteiger charge is 2.13. The highest BCUT2D eigenvalue weighted by molar-refractivity contribution is 5.94. The maximum absolute atomic E-state index is 11.6. The molecule has 0 fully saturated rings. The van der Waals surface area contributed by atoms with Crippen LogP contribution in [0, 0.1) is 5.92 Å². The summed E-state index contributed by atoms with van der Waals surface area (Å²) in [6.07, 6.45) is 0. The van der Waals surface area contributed by atoms with Gasteiger partial charge in [-0.15, -0.1) is 0 Å². The molecule has 0 atom stereocenters. The Morgan fingerprint density at radius 3 is 2.40 bits per heavy atom. The first kappa shape index (κ1) is 16.7. The van der Waals surface area contributed by atoms with Gasteiger partial charge in [0.2, 0.25) is 0 Å². The van der Waals surface area contributed by atoms with Gasteiger partial charge in [-0.2, -0.15) is 0 Å². The number of carbonyl (C=O) groups excluding carboxylic acids is 1. The minimum Gasteiger partial charge on any atom is -0.493 e. The fourth-order valence-corrected chi connectivity index (χ4v) is 2.10. The van der Waals surface area contributed by atoms with E-state index in [2.05, 4.69) is 27.7 Å². The SMILES string of the molecule is CC[NH+](CC)Cc1cc(C(C)=O)ccc1OCC(C)C. The molecule has 0 aliphatic rings. The molecule has 0 bridgehead atoms. The molecule has 0 saturated carbocycles. The van der Waals surface area contributed by atoms with E-state index in [-0.39, 0.29) is 5.78 Å². The summed E-state index contributed by atoms with van der Waals surface area (Å²) in [4.78, 5) is 13.0. The zero-order valence-electron chi connectivity index (χ0n) is 13.5. The van der Waals surface area contributed by atoms with Gasteiger partial charge in [-0.1, -0.05) is 13.8 Å². The van der Waals surface area contributed by atoms with E-state index in [1.165, 1.54) is 4.90 Å². The fourth-order valence-electron chi connectivity index (χ4n) is 2.10. The summed E-state index contributed by atoms with van der Waals surface area (Å²) in [5, 5.41) is 0. The van der Waals surface area contributed by atoms with Crippen LogP contribution < -0.4 is 9.64 Å². The molecule has 1 aromatic carbocycles. The summed E-state index contributed by atoms with van der Waals surface area (Å²) in [5.74, 6) is 1.52. The molecule has 0 spiro atoms. The first-order chi connectivity index (χ1) is 9.47. The highest BCUT2D eigenvalue weighted by atomic mass is 16.5. The molecule has 0 aliphatic heterocycles. The number of rotatable bonds is 8. The third kappa shape index (κ3) is 4.97. The molecular formula is C17H28NO2+. The van der Waals surface area contributed by atoms with E-state index in [0.717, 1.165) is 36.5 Å². The summed E-state index contributed by atoms with van der Waals surface area (Å²) >= 11 is 0. The Labute approximate surface area is 122 Å². The molecule has 0 radical (unpaired) electrons. The Morgan fingerprint density at radius 1 is 1.25 bits per heavy atom. The number of carbonyl (C=O) groups is 1. The van der Waals surface area contributed by atoms with Crippen LogP contribution in [0.1, 0.15) is 50.5 Å². The van der Waals surface area contributed by atoms with Crippen molar-refractivity contribution in [1.29, 1.82) is 0 Å². The second-order valence-electron chi connectivity index (χ2n) is 5.72.